The van der Waals surface area contributed by atoms with Crippen molar-refractivity contribution < 1.29 is 8.42 Å². The molecule has 0 spiro atoms. The molecule has 0 unspecified atom stereocenters. The molecule has 0 radical (unpaired) electrons. The van der Waals surface area contributed by atoms with Gasteiger partial charge in [0.05, 0.1) is 5.75 Å². The Bertz CT molecular complexity index is 577. The molecule has 1 heterocycles. The topological polar surface area (TPSA) is 85.8 Å². The number of piperidine rings is 1. The molecule has 0 aromatic rings. The molecule has 0 atom stereocenters. The summed E-state index contributed by atoms with van der Waals surface area (Å²) in [5.74, 6) is 1.33. The van der Waals surface area contributed by atoms with Gasteiger partial charge in [-0.1, -0.05) is 19.3 Å². The normalized spacial score (nSPS) is 24.1. The fraction of sp³-hybridized carbons (Fsp3) is 0.947. The molecule has 0 bridgehead atoms. The maximum atomic E-state index is 12.1. The van der Waals surface area contributed by atoms with Crippen molar-refractivity contribution in [1.29, 1.82) is 0 Å². The first-order valence-electron chi connectivity index (χ1n) is 10.7. The zero-order valence-electron chi connectivity index (χ0n) is 16.8. The van der Waals surface area contributed by atoms with Gasteiger partial charge in [0.2, 0.25) is 10.0 Å². The number of hydrogen-bond donors (Lipinski definition) is 3. The van der Waals surface area contributed by atoms with Crippen LogP contribution in [0.15, 0.2) is 4.99 Å². The first-order valence-corrected chi connectivity index (χ1v) is 12.4. The minimum absolute atomic E-state index is 0.0839. The number of hydrogen-bond acceptors (Lipinski definition) is 4. The summed E-state index contributed by atoms with van der Waals surface area (Å²) in [6, 6.07) is 1.23. The molecule has 0 aromatic carbocycles. The van der Waals surface area contributed by atoms with Gasteiger partial charge in [-0.3, -0.25) is 4.99 Å². The van der Waals surface area contributed by atoms with Crippen LogP contribution in [0, 0.1) is 5.92 Å². The van der Waals surface area contributed by atoms with Gasteiger partial charge in [0.1, 0.15) is 0 Å². The quantitative estimate of drug-likeness (QED) is 0.423. The lowest BCUT2D eigenvalue weighted by molar-refractivity contribution is 0.150. The van der Waals surface area contributed by atoms with E-state index >= 15 is 0 Å². The van der Waals surface area contributed by atoms with Gasteiger partial charge < -0.3 is 15.5 Å². The first-order chi connectivity index (χ1) is 13.1. The van der Waals surface area contributed by atoms with E-state index in [1.54, 1.807) is 7.05 Å². The van der Waals surface area contributed by atoms with Gasteiger partial charge in [0.25, 0.3) is 0 Å². The summed E-state index contributed by atoms with van der Waals surface area (Å²) in [5.41, 5.74) is 0. The number of nitrogens with zero attached hydrogens (tertiary/aromatic N) is 2. The van der Waals surface area contributed by atoms with E-state index in [-0.39, 0.29) is 5.75 Å². The zero-order chi connectivity index (χ0) is 19.1. The molecule has 1 saturated heterocycles. The molecular formula is C19H37N5O2S. The minimum Gasteiger partial charge on any atom is -0.355 e. The van der Waals surface area contributed by atoms with Crippen LogP contribution in [0.3, 0.4) is 0 Å². The van der Waals surface area contributed by atoms with E-state index in [0.717, 1.165) is 44.8 Å². The SMILES string of the molecule is CN=C(NCCS(=O)(=O)NCC1CCC1)NC1CCN(C2CCCC2)CC1. The Kier molecular flexibility index (Phi) is 7.78. The monoisotopic (exact) mass is 399 g/mol. The molecule has 27 heavy (non-hydrogen) atoms. The van der Waals surface area contributed by atoms with Crippen molar-refractivity contribution in [1.82, 2.24) is 20.3 Å². The maximum absolute atomic E-state index is 12.1. The molecule has 8 heteroatoms. The Hall–Kier alpha value is -0.860. The molecule has 2 saturated carbocycles. The van der Waals surface area contributed by atoms with Gasteiger partial charge in [0, 0.05) is 45.3 Å². The van der Waals surface area contributed by atoms with Gasteiger partial charge in [-0.2, -0.15) is 0 Å². The molecule has 3 fully saturated rings. The van der Waals surface area contributed by atoms with Crippen LogP contribution >= 0.6 is 0 Å². The highest BCUT2D eigenvalue weighted by Crippen LogP contribution is 2.26. The second-order valence-electron chi connectivity index (χ2n) is 8.36. The molecule has 1 aliphatic heterocycles. The maximum Gasteiger partial charge on any atom is 0.213 e. The second kappa shape index (κ2) is 10.1. The Labute approximate surface area is 164 Å². The van der Waals surface area contributed by atoms with Crippen LogP contribution in [-0.4, -0.2) is 70.3 Å². The Morgan fingerprint density at radius 1 is 1.04 bits per heavy atom. The second-order valence-corrected chi connectivity index (χ2v) is 10.3. The summed E-state index contributed by atoms with van der Waals surface area (Å²) < 4.78 is 26.9. The van der Waals surface area contributed by atoms with Gasteiger partial charge in [0.15, 0.2) is 5.96 Å². The largest absolute Gasteiger partial charge is 0.355 e. The van der Waals surface area contributed by atoms with Gasteiger partial charge >= 0.3 is 0 Å². The molecule has 156 valence electrons. The van der Waals surface area contributed by atoms with Crippen LogP contribution in [0.1, 0.15) is 57.8 Å². The Morgan fingerprint density at radius 2 is 1.74 bits per heavy atom. The number of aliphatic imine (C=N–C) groups is 1. The molecular weight excluding hydrogens is 362 g/mol. The average molecular weight is 400 g/mol. The number of guanidine groups is 1. The molecule has 2 aliphatic carbocycles. The number of nitrogens with one attached hydrogen (secondary N) is 3. The van der Waals surface area contributed by atoms with Crippen LogP contribution < -0.4 is 15.4 Å². The molecule has 0 amide bonds. The number of likely N-dealkylation sites (tertiary alicyclic amines) is 1. The predicted molar refractivity (Wildman–Crippen MR) is 110 cm³/mol. The van der Waals surface area contributed by atoms with Crippen LogP contribution in [-0.2, 0) is 10.0 Å². The lowest BCUT2D eigenvalue weighted by Crippen LogP contribution is -2.51. The van der Waals surface area contributed by atoms with Crippen molar-refractivity contribution in [2.75, 3.05) is 39.0 Å². The third kappa shape index (κ3) is 6.61. The average Bonchev–Trinajstić information content (AvgIpc) is 3.14. The highest BCUT2D eigenvalue weighted by molar-refractivity contribution is 7.89. The Morgan fingerprint density at radius 3 is 2.33 bits per heavy atom. The van der Waals surface area contributed by atoms with Crippen molar-refractivity contribution in [3.63, 3.8) is 0 Å². The summed E-state index contributed by atoms with van der Waals surface area (Å²) in [4.78, 5) is 6.91. The fourth-order valence-corrected chi connectivity index (χ4v) is 5.39. The predicted octanol–water partition coefficient (Wildman–Crippen LogP) is 1.28. The van der Waals surface area contributed by atoms with Crippen molar-refractivity contribution in [2.45, 2.75) is 69.9 Å². The number of sulfonamides is 1. The van der Waals surface area contributed by atoms with Crippen LogP contribution in [0.2, 0.25) is 0 Å². The van der Waals surface area contributed by atoms with Crippen molar-refractivity contribution in [3.05, 3.63) is 0 Å². The fourth-order valence-electron chi connectivity index (χ4n) is 4.38. The summed E-state index contributed by atoms with van der Waals surface area (Å²) >= 11 is 0. The van der Waals surface area contributed by atoms with E-state index in [9.17, 15) is 8.42 Å². The van der Waals surface area contributed by atoms with Gasteiger partial charge in [-0.05, 0) is 44.4 Å². The lowest BCUT2D eigenvalue weighted by Gasteiger charge is -2.36. The minimum atomic E-state index is -3.21. The van der Waals surface area contributed by atoms with E-state index in [2.05, 4.69) is 25.2 Å². The molecule has 3 aliphatic rings. The van der Waals surface area contributed by atoms with E-state index in [4.69, 9.17) is 0 Å². The lowest BCUT2D eigenvalue weighted by atomic mass is 9.86. The molecule has 3 rings (SSSR count). The van der Waals surface area contributed by atoms with Crippen LogP contribution in [0.25, 0.3) is 0 Å². The Balaban J connectivity index is 1.32. The standard InChI is InChI=1S/C19H37N5O2S/c1-20-19(21-11-14-27(25,26)22-15-16-5-4-6-16)23-17-9-12-24(13-10-17)18-7-2-3-8-18/h16-18,22H,2-15H2,1H3,(H2,20,21,23). The van der Waals surface area contributed by atoms with Gasteiger partial charge in [-0.15, -0.1) is 0 Å². The summed E-state index contributed by atoms with van der Waals surface area (Å²) in [5, 5.41) is 6.63. The molecule has 0 aromatic heterocycles. The van der Waals surface area contributed by atoms with Gasteiger partial charge in [-0.25, -0.2) is 13.1 Å². The highest BCUT2D eigenvalue weighted by atomic mass is 32.2. The highest BCUT2D eigenvalue weighted by Gasteiger charge is 2.27. The third-order valence-corrected chi connectivity index (χ3v) is 7.76. The van der Waals surface area contributed by atoms with Crippen LogP contribution in [0.5, 0.6) is 0 Å². The first kappa shape index (κ1) is 20.9. The number of rotatable bonds is 8. The van der Waals surface area contributed by atoms with E-state index < -0.39 is 10.0 Å². The van der Waals surface area contributed by atoms with Crippen molar-refractivity contribution in [3.8, 4) is 0 Å². The smallest absolute Gasteiger partial charge is 0.213 e. The van der Waals surface area contributed by atoms with Crippen molar-refractivity contribution in [2.24, 2.45) is 10.9 Å². The van der Waals surface area contributed by atoms with E-state index in [1.807, 2.05) is 0 Å². The molecule has 7 nitrogen and oxygen atoms in total. The summed E-state index contributed by atoms with van der Waals surface area (Å²) in [6.45, 7) is 3.27. The van der Waals surface area contributed by atoms with Crippen molar-refractivity contribution >= 4 is 16.0 Å². The third-order valence-electron chi connectivity index (χ3n) is 6.41. The van der Waals surface area contributed by atoms with Crippen LogP contribution in [0.4, 0.5) is 0 Å². The van der Waals surface area contributed by atoms with E-state index in [1.165, 1.54) is 32.1 Å². The summed E-state index contributed by atoms with van der Waals surface area (Å²) in [7, 11) is -1.47. The summed E-state index contributed by atoms with van der Waals surface area (Å²) in [6.07, 6.45) is 11.3. The zero-order valence-corrected chi connectivity index (χ0v) is 17.6. The van der Waals surface area contributed by atoms with E-state index in [0.29, 0.717) is 31.0 Å². The molecule has 3 N–H and O–H groups in total.